The third-order valence-corrected chi connectivity index (χ3v) is 2.83. The van der Waals surface area contributed by atoms with Crippen LogP contribution in [0.4, 0.5) is 0 Å². The van der Waals surface area contributed by atoms with Crippen molar-refractivity contribution in [2.45, 2.75) is 19.4 Å². The molecule has 1 unspecified atom stereocenters. The first-order valence-electron chi connectivity index (χ1n) is 6.11. The predicted octanol–water partition coefficient (Wildman–Crippen LogP) is 0.680. The molecular weight excluding hydrogens is 246 g/mol. The fraction of sp³-hybridized carbons (Fsp3) is 0.385. The van der Waals surface area contributed by atoms with Crippen LogP contribution in [0.3, 0.4) is 0 Å². The van der Waals surface area contributed by atoms with Crippen molar-refractivity contribution < 1.29 is 14.3 Å². The fourth-order valence-corrected chi connectivity index (χ4v) is 1.82. The standard InChI is InChI=1S/C13H17N3O3/c1-8-16-11-3-2-9(6-12(11)19-8)4-5-15-7-10(14)13(17)18/h2-3,6,10,15H,4-5,7,14H2,1H3,(H,17,18). The van der Waals surface area contributed by atoms with E-state index in [9.17, 15) is 4.79 Å². The van der Waals surface area contributed by atoms with Gasteiger partial charge in [-0.25, -0.2) is 4.98 Å². The highest BCUT2D eigenvalue weighted by molar-refractivity contribution is 5.73. The highest BCUT2D eigenvalue weighted by Crippen LogP contribution is 2.16. The number of aliphatic carboxylic acids is 1. The number of carboxylic acids is 1. The van der Waals surface area contributed by atoms with Crippen LogP contribution in [-0.2, 0) is 11.2 Å². The lowest BCUT2D eigenvalue weighted by molar-refractivity contribution is -0.138. The molecule has 0 saturated carbocycles. The van der Waals surface area contributed by atoms with E-state index in [-0.39, 0.29) is 6.54 Å². The Kier molecular flexibility index (Phi) is 4.13. The summed E-state index contributed by atoms with van der Waals surface area (Å²) in [5.41, 5.74) is 8.12. The third-order valence-electron chi connectivity index (χ3n) is 2.83. The van der Waals surface area contributed by atoms with Crippen molar-refractivity contribution >= 4 is 17.1 Å². The Morgan fingerprint density at radius 1 is 1.58 bits per heavy atom. The average molecular weight is 263 g/mol. The molecule has 0 saturated heterocycles. The second-order valence-corrected chi connectivity index (χ2v) is 4.43. The van der Waals surface area contributed by atoms with E-state index in [2.05, 4.69) is 10.3 Å². The zero-order valence-electron chi connectivity index (χ0n) is 10.7. The van der Waals surface area contributed by atoms with Crippen LogP contribution in [0.1, 0.15) is 11.5 Å². The summed E-state index contributed by atoms with van der Waals surface area (Å²) in [7, 11) is 0. The van der Waals surface area contributed by atoms with Gasteiger partial charge >= 0.3 is 5.97 Å². The Bertz CT molecular complexity index is 580. The third kappa shape index (κ3) is 3.52. The Balaban J connectivity index is 1.86. The van der Waals surface area contributed by atoms with E-state index in [1.807, 2.05) is 25.1 Å². The molecule has 102 valence electrons. The van der Waals surface area contributed by atoms with Crippen LogP contribution in [0.25, 0.3) is 11.1 Å². The van der Waals surface area contributed by atoms with Crippen LogP contribution < -0.4 is 11.1 Å². The number of hydrogen-bond acceptors (Lipinski definition) is 5. The highest BCUT2D eigenvalue weighted by Gasteiger charge is 2.09. The molecule has 6 nitrogen and oxygen atoms in total. The summed E-state index contributed by atoms with van der Waals surface area (Å²) < 4.78 is 5.46. The lowest BCUT2D eigenvalue weighted by atomic mass is 10.1. The zero-order valence-corrected chi connectivity index (χ0v) is 10.7. The van der Waals surface area contributed by atoms with Gasteiger partial charge in [0.05, 0.1) is 0 Å². The van der Waals surface area contributed by atoms with Gasteiger partial charge in [0.2, 0.25) is 0 Å². The quantitative estimate of drug-likeness (QED) is 0.662. The maximum absolute atomic E-state index is 10.5. The van der Waals surface area contributed by atoms with Crippen molar-refractivity contribution in [1.29, 1.82) is 0 Å². The molecule has 0 amide bonds. The van der Waals surface area contributed by atoms with Crippen molar-refractivity contribution in [1.82, 2.24) is 10.3 Å². The van der Waals surface area contributed by atoms with Crippen molar-refractivity contribution in [3.8, 4) is 0 Å². The Labute approximate surface area is 110 Å². The number of benzene rings is 1. The summed E-state index contributed by atoms with van der Waals surface area (Å²) >= 11 is 0. The van der Waals surface area contributed by atoms with Gasteiger partial charge in [-0.3, -0.25) is 4.79 Å². The Morgan fingerprint density at radius 2 is 2.37 bits per heavy atom. The number of nitrogens with zero attached hydrogens (tertiary/aromatic N) is 1. The van der Waals surface area contributed by atoms with E-state index in [4.69, 9.17) is 15.3 Å². The minimum absolute atomic E-state index is 0.263. The zero-order chi connectivity index (χ0) is 13.8. The minimum Gasteiger partial charge on any atom is -0.480 e. The number of oxazole rings is 1. The van der Waals surface area contributed by atoms with Gasteiger partial charge in [-0.1, -0.05) is 6.07 Å². The van der Waals surface area contributed by atoms with Gasteiger partial charge in [-0.2, -0.15) is 0 Å². The van der Waals surface area contributed by atoms with Crippen molar-refractivity contribution in [2.75, 3.05) is 13.1 Å². The molecule has 4 N–H and O–H groups in total. The van der Waals surface area contributed by atoms with E-state index < -0.39 is 12.0 Å². The second kappa shape index (κ2) is 5.81. The van der Waals surface area contributed by atoms with E-state index in [1.54, 1.807) is 0 Å². The molecule has 19 heavy (non-hydrogen) atoms. The molecule has 1 aromatic heterocycles. The molecule has 1 heterocycles. The van der Waals surface area contributed by atoms with E-state index in [0.717, 1.165) is 23.1 Å². The summed E-state index contributed by atoms with van der Waals surface area (Å²) in [6, 6.07) is 5.00. The van der Waals surface area contributed by atoms with Gasteiger partial charge < -0.3 is 20.6 Å². The van der Waals surface area contributed by atoms with Gasteiger partial charge in [0.25, 0.3) is 0 Å². The first kappa shape index (κ1) is 13.5. The largest absolute Gasteiger partial charge is 0.480 e. The molecule has 0 aliphatic rings. The number of carbonyl (C=O) groups is 1. The van der Waals surface area contributed by atoms with Crippen molar-refractivity contribution in [2.24, 2.45) is 5.73 Å². The smallest absolute Gasteiger partial charge is 0.321 e. The molecule has 2 rings (SSSR count). The molecule has 0 aliphatic heterocycles. The van der Waals surface area contributed by atoms with E-state index in [1.165, 1.54) is 0 Å². The SMILES string of the molecule is Cc1nc2ccc(CCNCC(N)C(=O)O)cc2o1. The van der Waals surface area contributed by atoms with Crippen LogP contribution in [-0.4, -0.2) is 35.2 Å². The topological polar surface area (TPSA) is 101 Å². The molecule has 0 aliphatic carbocycles. The van der Waals surface area contributed by atoms with Crippen LogP contribution in [0.15, 0.2) is 22.6 Å². The molecule has 2 aromatic rings. The van der Waals surface area contributed by atoms with Gasteiger partial charge in [0.15, 0.2) is 11.5 Å². The number of aromatic nitrogens is 1. The molecule has 0 radical (unpaired) electrons. The molecule has 1 aromatic carbocycles. The number of nitrogens with two attached hydrogens (primary N) is 1. The lowest BCUT2D eigenvalue weighted by Crippen LogP contribution is -2.40. The van der Waals surface area contributed by atoms with Crippen LogP contribution in [0.2, 0.25) is 0 Å². The first-order valence-corrected chi connectivity index (χ1v) is 6.11. The summed E-state index contributed by atoms with van der Waals surface area (Å²) in [6.45, 7) is 2.74. The van der Waals surface area contributed by atoms with Gasteiger partial charge in [-0.05, 0) is 30.7 Å². The van der Waals surface area contributed by atoms with E-state index in [0.29, 0.717) is 12.4 Å². The summed E-state index contributed by atoms with van der Waals surface area (Å²) in [5.74, 6) is -0.344. The maximum atomic E-state index is 10.5. The number of rotatable bonds is 6. The van der Waals surface area contributed by atoms with Crippen molar-refractivity contribution in [3.63, 3.8) is 0 Å². The number of fused-ring (bicyclic) bond motifs is 1. The second-order valence-electron chi connectivity index (χ2n) is 4.43. The fourth-order valence-electron chi connectivity index (χ4n) is 1.82. The molecule has 6 heteroatoms. The first-order chi connectivity index (χ1) is 9.06. The Hall–Kier alpha value is -1.92. The number of aryl methyl sites for hydroxylation is 1. The normalized spacial score (nSPS) is 12.7. The monoisotopic (exact) mass is 263 g/mol. The lowest BCUT2D eigenvalue weighted by Gasteiger charge is -2.08. The minimum atomic E-state index is -0.994. The predicted molar refractivity (Wildman–Crippen MR) is 70.9 cm³/mol. The molecule has 1 atom stereocenters. The van der Waals surface area contributed by atoms with Crippen LogP contribution in [0.5, 0.6) is 0 Å². The highest BCUT2D eigenvalue weighted by atomic mass is 16.4. The maximum Gasteiger partial charge on any atom is 0.321 e. The molecule has 0 spiro atoms. The van der Waals surface area contributed by atoms with Gasteiger partial charge in [0, 0.05) is 13.5 Å². The number of hydrogen-bond donors (Lipinski definition) is 3. The molecule has 0 bridgehead atoms. The molecular formula is C13H17N3O3. The van der Waals surface area contributed by atoms with E-state index >= 15 is 0 Å². The molecule has 0 fully saturated rings. The van der Waals surface area contributed by atoms with Crippen molar-refractivity contribution in [3.05, 3.63) is 29.7 Å². The van der Waals surface area contributed by atoms with Gasteiger partial charge in [0.1, 0.15) is 11.6 Å². The summed E-state index contributed by atoms with van der Waals surface area (Å²) in [5, 5.41) is 11.7. The summed E-state index contributed by atoms with van der Waals surface area (Å²) in [6.07, 6.45) is 0.780. The number of carboxylic acid groups (broad SMARTS) is 1. The summed E-state index contributed by atoms with van der Waals surface area (Å²) in [4.78, 5) is 14.8. The Morgan fingerprint density at radius 3 is 3.11 bits per heavy atom. The van der Waals surface area contributed by atoms with Crippen LogP contribution in [0, 0.1) is 6.92 Å². The van der Waals surface area contributed by atoms with Gasteiger partial charge in [-0.15, -0.1) is 0 Å². The van der Waals surface area contributed by atoms with Crippen LogP contribution >= 0.6 is 0 Å². The number of nitrogens with one attached hydrogen (secondary N) is 1. The average Bonchev–Trinajstić information content (AvgIpc) is 2.73.